The van der Waals surface area contributed by atoms with Gasteiger partial charge in [0.2, 0.25) is 0 Å². The lowest BCUT2D eigenvalue weighted by Crippen LogP contribution is -2.49. The molecule has 0 radical (unpaired) electrons. The molecule has 0 spiro atoms. The third-order valence-electron chi connectivity index (χ3n) is 4.54. The number of aliphatic carboxylic acids is 1. The third kappa shape index (κ3) is 2.85. The molecule has 5 heteroatoms. The molecule has 5 nitrogen and oxygen atoms in total. The Hall–Kier alpha value is -1.26. The second-order valence-electron chi connectivity index (χ2n) is 5.86. The number of likely N-dealkylation sites (tertiary alicyclic amines) is 2. The highest BCUT2D eigenvalue weighted by Crippen LogP contribution is 2.27. The zero-order chi connectivity index (χ0) is 14.0. The van der Waals surface area contributed by atoms with Crippen molar-refractivity contribution in [2.45, 2.75) is 45.6 Å². The Labute approximate surface area is 114 Å². The largest absolute Gasteiger partial charge is 0.481 e. The van der Waals surface area contributed by atoms with Gasteiger partial charge in [-0.1, -0.05) is 13.8 Å². The zero-order valence-electron chi connectivity index (χ0n) is 11.8. The van der Waals surface area contributed by atoms with Gasteiger partial charge in [-0.2, -0.15) is 0 Å². The van der Waals surface area contributed by atoms with Gasteiger partial charge >= 0.3 is 12.0 Å². The molecule has 0 aromatic rings. The van der Waals surface area contributed by atoms with Gasteiger partial charge in [0.25, 0.3) is 0 Å². The second kappa shape index (κ2) is 5.80. The summed E-state index contributed by atoms with van der Waals surface area (Å²) in [6.07, 6.45) is 4.32. The van der Waals surface area contributed by atoms with E-state index in [4.69, 9.17) is 5.11 Å². The van der Waals surface area contributed by atoms with Crippen molar-refractivity contribution in [2.75, 3.05) is 19.6 Å². The van der Waals surface area contributed by atoms with Crippen molar-refractivity contribution in [3.05, 3.63) is 0 Å². The highest BCUT2D eigenvalue weighted by molar-refractivity contribution is 5.78. The van der Waals surface area contributed by atoms with Gasteiger partial charge in [0.15, 0.2) is 0 Å². The van der Waals surface area contributed by atoms with Gasteiger partial charge in [-0.3, -0.25) is 4.79 Å². The van der Waals surface area contributed by atoms with Gasteiger partial charge in [-0.05, 0) is 31.6 Å². The van der Waals surface area contributed by atoms with E-state index in [1.165, 1.54) is 6.42 Å². The van der Waals surface area contributed by atoms with E-state index in [1.54, 1.807) is 4.90 Å². The van der Waals surface area contributed by atoms with Gasteiger partial charge in [0, 0.05) is 25.7 Å². The number of hydrogen-bond donors (Lipinski definition) is 1. The predicted octanol–water partition coefficient (Wildman–Crippen LogP) is 2.02. The van der Waals surface area contributed by atoms with Crippen LogP contribution in [0.5, 0.6) is 0 Å². The fourth-order valence-electron chi connectivity index (χ4n) is 3.30. The molecule has 3 unspecified atom stereocenters. The van der Waals surface area contributed by atoms with Crippen LogP contribution < -0.4 is 0 Å². The third-order valence-corrected chi connectivity index (χ3v) is 4.54. The maximum atomic E-state index is 12.5. The van der Waals surface area contributed by atoms with E-state index in [0.29, 0.717) is 19.1 Å². The minimum Gasteiger partial charge on any atom is -0.481 e. The van der Waals surface area contributed by atoms with E-state index in [0.717, 1.165) is 25.8 Å². The minimum atomic E-state index is -0.784. The van der Waals surface area contributed by atoms with Crippen LogP contribution in [0.3, 0.4) is 0 Å². The van der Waals surface area contributed by atoms with Gasteiger partial charge in [-0.25, -0.2) is 4.79 Å². The van der Waals surface area contributed by atoms with Crippen molar-refractivity contribution in [2.24, 2.45) is 11.8 Å². The average molecular weight is 268 g/mol. The van der Waals surface area contributed by atoms with Crippen molar-refractivity contribution in [1.82, 2.24) is 9.80 Å². The van der Waals surface area contributed by atoms with E-state index in [1.807, 2.05) is 11.8 Å². The fraction of sp³-hybridized carbons (Fsp3) is 0.857. The van der Waals surface area contributed by atoms with Crippen molar-refractivity contribution in [3.63, 3.8) is 0 Å². The molecule has 0 aliphatic carbocycles. The van der Waals surface area contributed by atoms with Crippen molar-refractivity contribution in [3.8, 4) is 0 Å². The molecule has 108 valence electrons. The summed E-state index contributed by atoms with van der Waals surface area (Å²) in [5.41, 5.74) is 0. The van der Waals surface area contributed by atoms with Gasteiger partial charge in [0.05, 0.1) is 5.92 Å². The van der Waals surface area contributed by atoms with Crippen LogP contribution in [0, 0.1) is 11.8 Å². The maximum Gasteiger partial charge on any atom is 0.320 e. The monoisotopic (exact) mass is 268 g/mol. The van der Waals surface area contributed by atoms with Crippen molar-refractivity contribution in [1.29, 1.82) is 0 Å². The molecular weight excluding hydrogens is 244 g/mol. The number of rotatable bonds is 2. The van der Waals surface area contributed by atoms with Crippen LogP contribution >= 0.6 is 0 Å². The molecule has 2 rings (SSSR count). The average Bonchev–Trinajstić information content (AvgIpc) is 2.80. The van der Waals surface area contributed by atoms with Crippen LogP contribution in [0.15, 0.2) is 0 Å². The maximum absolute atomic E-state index is 12.5. The van der Waals surface area contributed by atoms with Crippen LogP contribution in [-0.4, -0.2) is 52.6 Å². The van der Waals surface area contributed by atoms with E-state index >= 15 is 0 Å². The number of carboxylic acid groups (broad SMARTS) is 1. The molecule has 0 bridgehead atoms. The Morgan fingerprint density at radius 3 is 2.58 bits per heavy atom. The van der Waals surface area contributed by atoms with Crippen molar-refractivity contribution >= 4 is 12.0 Å². The van der Waals surface area contributed by atoms with Crippen LogP contribution in [0.2, 0.25) is 0 Å². The first-order valence-corrected chi connectivity index (χ1v) is 7.33. The number of carbonyl (C=O) groups is 2. The number of nitrogens with zero attached hydrogens (tertiary/aromatic N) is 2. The molecule has 2 amide bonds. The number of carbonyl (C=O) groups excluding carboxylic acids is 1. The van der Waals surface area contributed by atoms with E-state index in [-0.39, 0.29) is 11.9 Å². The fourth-order valence-corrected chi connectivity index (χ4v) is 3.30. The predicted molar refractivity (Wildman–Crippen MR) is 71.9 cm³/mol. The molecule has 2 aliphatic heterocycles. The molecule has 2 aliphatic rings. The molecule has 19 heavy (non-hydrogen) atoms. The van der Waals surface area contributed by atoms with Crippen molar-refractivity contribution < 1.29 is 14.7 Å². The van der Waals surface area contributed by atoms with E-state index in [9.17, 15) is 9.59 Å². The summed E-state index contributed by atoms with van der Waals surface area (Å²) in [7, 11) is 0. The Kier molecular flexibility index (Phi) is 4.32. The summed E-state index contributed by atoms with van der Waals surface area (Å²) in [5, 5.41) is 9.14. The number of urea groups is 1. The Balaban J connectivity index is 2.02. The molecule has 2 fully saturated rings. The lowest BCUT2D eigenvalue weighted by molar-refractivity contribution is -0.142. The summed E-state index contributed by atoms with van der Waals surface area (Å²) >= 11 is 0. The number of hydrogen-bond acceptors (Lipinski definition) is 2. The molecule has 0 saturated carbocycles. The summed E-state index contributed by atoms with van der Waals surface area (Å²) in [5.74, 6) is -1.14. The van der Waals surface area contributed by atoms with Crippen LogP contribution in [0.25, 0.3) is 0 Å². The minimum absolute atomic E-state index is 0.0437. The first-order chi connectivity index (χ1) is 9.04. The van der Waals surface area contributed by atoms with Crippen LogP contribution in [-0.2, 0) is 4.79 Å². The molecule has 0 aromatic heterocycles. The first-order valence-electron chi connectivity index (χ1n) is 7.33. The molecule has 0 aromatic carbocycles. The number of carboxylic acids is 1. The lowest BCUT2D eigenvalue weighted by Gasteiger charge is -2.37. The number of amides is 2. The van der Waals surface area contributed by atoms with E-state index < -0.39 is 11.9 Å². The standard InChI is InChI=1S/C14H24N2O3/c1-3-11-6-4-5-7-16(11)14(19)15-8-10(2)12(9-15)13(17)18/h10-12H,3-9H2,1-2H3,(H,17,18). The zero-order valence-corrected chi connectivity index (χ0v) is 11.8. The summed E-state index contributed by atoms with van der Waals surface area (Å²) in [6, 6.07) is 0.377. The highest BCUT2D eigenvalue weighted by atomic mass is 16.4. The topological polar surface area (TPSA) is 60.9 Å². The highest BCUT2D eigenvalue weighted by Gasteiger charge is 2.39. The smallest absolute Gasteiger partial charge is 0.320 e. The molecule has 2 heterocycles. The quantitative estimate of drug-likeness (QED) is 0.833. The normalized spacial score (nSPS) is 31.6. The SMILES string of the molecule is CCC1CCCCN1C(=O)N1CC(C)C(C(=O)O)C1. The van der Waals surface area contributed by atoms with Crippen LogP contribution in [0.1, 0.15) is 39.5 Å². The Morgan fingerprint density at radius 1 is 1.26 bits per heavy atom. The summed E-state index contributed by atoms with van der Waals surface area (Å²) in [4.78, 5) is 27.4. The Bertz CT molecular complexity index is 359. The second-order valence-corrected chi connectivity index (χ2v) is 5.86. The molecular formula is C14H24N2O3. The molecule has 1 N–H and O–H groups in total. The Morgan fingerprint density at radius 2 is 2.00 bits per heavy atom. The molecule has 3 atom stereocenters. The summed E-state index contributed by atoms with van der Waals surface area (Å²) in [6.45, 7) is 5.79. The van der Waals surface area contributed by atoms with Gasteiger partial charge in [0.1, 0.15) is 0 Å². The lowest BCUT2D eigenvalue weighted by atomic mass is 9.99. The summed E-state index contributed by atoms with van der Waals surface area (Å²) < 4.78 is 0. The van der Waals surface area contributed by atoms with Gasteiger partial charge < -0.3 is 14.9 Å². The molecule has 2 saturated heterocycles. The first kappa shape index (κ1) is 14.2. The van der Waals surface area contributed by atoms with Gasteiger partial charge in [-0.15, -0.1) is 0 Å². The van der Waals surface area contributed by atoms with E-state index in [2.05, 4.69) is 6.92 Å². The number of piperidine rings is 1. The van der Waals surface area contributed by atoms with Crippen LogP contribution in [0.4, 0.5) is 4.79 Å².